The molecule has 1 N–H and O–H groups in total. The first kappa shape index (κ1) is 18.2. The van der Waals surface area contributed by atoms with Gasteiger partial charge in [0.25, 0.3) is 0 Å². The first-order chi connectivity index (χ1) is 13.7. The molecule has 1 aromatic carbocycles. The van der Waals surface area contributed by atoms with Gasteiger partial charge in [0.05, 0.1) is 43.7 Å². The number of carbonyl (C=O) groups is 2. The van der Waals surface area contributed by atoms with Crippen molar-refractivity contribution >= 4 is 17.6 Å². The van der Waals surface area contributed by atoms with Crippen molar-refractivity contribution in [2.75, 3.05) is 32.1 Å². The molecular formula is C20H22N4O4. The van der Waals surface area contributed by atoms with Crippen molar-refractivity contribution in [1.82, 2.24) is 14.8 Å². The highest BCUT2D eigenvalue weighted by molar-refractivity contribution is 5.91. The number of rotatable bonds is 4. The number of nitrogens with zero attached hydrogens (tertiary/aromatic N) is 3. The van der Waals surface area contributed by atoms with E-state index in [2.05, 4.69) is 10.3 Å². The number of benzene rings is 1. The Hall–Kier alpha value is -3.13. The van der Waals surface area contributed by atoms with Crippen LogP contribution in [-0.4, -0.2) is 65.7 Å². The van der Waals surface area contributed by atoms with Crippen LogP contribution in [-0.2, 0) is 16.1 Å². The van der Waals surface area contributed by atoms with Crippen molar-refractivity contribution in [2.45, 2.75) is 18.7 Å². The van der Waals surface area contributed by atoms with Gasteiger partial charge in [-0.3, -0.25) is 9.78 Å². The molecule has 28 heavy (non-hydrogen) atoms. The molecule has 3 amide bonds. The van der Waals surface area contributed by atoms with Crippen LogP contribution in [0.2, 0.25) is 0 Å². The minimum absolute atomic E-state index is 0.0238. The Morgan fingerprint density at radius 2 is 2.07 bits per heavy atom. The number of ether oxygens (including phenoxy) is 2. The second-order valence-electron chi connectivity index (χ2n) is 6.79. The number of aromatic nitrogens is 1. The van der Waals surface area contributed by atoms with E-state index in [-0.39, 0.29) is 30.7 Å². The van der Waals surface area contributed by atoms with Crippen LogP contribution in [0.15, 0.2) is 48.7 Å². The molecule has 2 aliphatic heterocycles. The average Bonchev–Trinajstić information content (AvgIpc) is 3.16. The second kappa shape index (κ2) is 7.85. The van der Waals surface area contributed by atoms with Gasteiger partial charge in [0.15, 0.2) is 0 Å². The third-order valence-electron chi connectivity index (χ3n) is 5.07. The van der Waals surface area contributed by atoms with Crippen molar-refractivity contribution in [3.05, 3.63) is 54.4 Å². The first-order valence-electron chi connectivity index (χ1n) is 9.15. The number of methoxy groups -OCH3 is 1. The van der Waals surface area contributed by atoms with Crippen molar-refractivity contribution < 1.29 is 19.1 Å². The summed E-state index contributed by atoms with van der Waals surface area (Å²) in [5.41, 5.74) is 1.42. The van der Waals surface area contributed by atoms with Gasteiger partial charge in [-0.15, -0.1) is 0 Å². The zero-order chi connectivity index (χ0) is 19.5. The number of fused-ring (bicyclic) bond motifs is 1. The molecule has 2 aliphatic rings. The maximum Gasteiger partial charge on any atom is 0.322 e. The Labute approximate surface area is 163 Å². The van der Waals surface area contributed by atoms with Crippen LogP contribution in [0.25, 0.3) is 0 Å². The normalized spacial score (nSPS) is 21.4. The molecule has 0 bridgehead atoms. The Morgan fingerprint density at radius 1 is 1.25 bits per heavy atom. The third kappa shape index (κ3) is 3.63. The molecule has 2 fully saturated rings. The van der Waals surface area contributed by atoms with Gasteiger partial charge >= 0.3 is 6.03 Å². The predicted molar refractivity (Wildman–Crippen MR) is 102 cm³/mol. The number of likely N-dealkylation sites (tertiary alicyclic amines) is 1. The zero-order valence-electron chi connectivity index (χ0n) is 15.6. The quantitative estimate of drug-likeness (QED) is 0.871. The lowest BCUT2D eigenvalue weighted by Crippen LogP contribution is -2.53. The van der Waals surface area contributed by atoms with Gasteiger partial charge in [-0.25, -0.2) is 4.79 Å². The molecule has 4 rings (SSSR count). The molecule has 2 aromatic rings. The van der Waals surface area contributed by atoms with Crippen LogP contribution in [0.5, 0.6) is 5.75 Å². The fourth-order valence-electron chi connectivity index (χ4n) is 3.65. The number of para-hydroxylation sites is 2. The molecule has 1 aromatic heterocycles. The Bertz CT molecular complexity index is 860. The molecule has 0 saturated carbocycles. The molecule has 2 unspecified atom stereocenters. The zero-order valence-corrected chi connectivity index (χ0v) is 15.6. The summed E-state index contributed by atoms with van der Waals surface area (Å²) >= 11 is 0. The van der Waals surface area contributed by atoms with Crippen molar-refractivity contribution in [3.8, 4) is 5.75 Å². The van der Waals surface area contributed by atoms with Crippen molar-refractivity contribution in [1.29, 1.82) is 0 Å². The smallest absolute Gasteiger partial charge is 0.322 e. The van der Waals surface area contributed by atoms with Crippen LogP contribution in [0.1, 0.15) is 5.69 Å². The second-order valence-corrected chi connectivity index (χ2v) is 6.79. The van der Waals surface area contributed by atoms with E-state index in [0.29, 0.717) is 31.1 Å². The van der Waals surface area contributed by atoms with Crippen LogP contribution >= 0.6 is 0 Å². The number of hydrogen-bond donors (Lipinski definition) is 1. The summed E-state index contributed by atoms with van der Waals surface area (Å²) in [6.45, 7) is 1.27. The van der Waals surface area contributed by atoms with E-state index in [1.165, 1.54) is 0 Å². The SMILES string of the molecule is COc1ccccc1NC(=O)N1CC2OCC(=O)N(Cc3ccccn3)C2C1. The van der Waals surface area contributed by atoms with Crippen LogP contribution in [0, 0.1) is 0 Å². The number of urea groups is 1. The minimum atomic E-state index is -0.243. The van der Waals surface area contributed by atoms with E-state index in [0.717, 1.165) is 5.69 Å². The lowest BCUT2D eigenvalue weighted by atomic mass is 10.1. The highest BCUT2D eigenvalue weighted by atomic mass is 16.5. The fourth-order valence-corrected chi connectivity index (χ4v) is 3.65. The number of pyridine rings is 1. The number of nitrogens with one attached hydrogen (secondary N) is 1. The highest BCUT2D eigenvalue weighted by Gasteiger charge is 2.44. The van der Waals surface area contributed by atoms with E-state index in [1.807, 2.05) is 30.3 Å². The molecule has 2 atom stereocenters. The van der Waals surface area contributed by atoms with Gasteiger partial charge in [-0.05, 0) is 24.3 Å². The summed E-state index contributed by atoms with van der Waals surface area (Å²) in [4.78, 5) is 32.9. The topological polar surface area (TPSA) is 84.0 Å². The number of amides is 3. The van der Waals surface area contributed by atoms with E-state index >= 15 is 0 Å². The molecular weight excluding hydrogens is 360 g/mol. The Morgan fingerprint density at radius 3 is 2.86 bits per heavy atom. The molecule has 2 saturated heterocycles. The van der Waals surface area contributed by atoms with Gasteiger partial charge in [0.2, 0.25) is 5.91 Å². The van der Waals surface area contributed by atoms with Crippen LogP contribution in [0.4, 0.5) is 10.5 Å². The molecule has 0 aliphatic carbocycles. The fraction of sp³-hybridized carbons (Fsp3) is 0.350. The third-order valence-corrected chi connectivity index (χ3v) is 5.07. The van der Waals surface area contributed by atoms with Gasteiger partial charge < -0.3 is 24.6 Å². The Kier molecular flexibility index (Phi) is 5.12. The number of morpholine rings is 1. The van der Waals surface area contributed by atoms with Gasteiger partial charge in [0.1, 0.15) is 12.4 Å². The van der Waals surface area contributed by atoms with Gasteiger partial charge in [-0.1, -0.05) is 18.2 Å². The van der Waals surface area contributed by atoms with Crippen molar-refractivity contribution in [2.24, 2.45) is 0 Å². The maximum absolute atomic E-state index is 12.8. The Balaban J connectivity index is 1.46. The largest absolute Gasteiger partial charge is 0.495 e. The minimum Gasteiger partial charge on any atom is -0.495 e. The van der Waals surface area contributed by atoms with Gasteiger partial charge in [-0.2, -0.15) is 0 Å². The van der Waals surface area contributed by atoms with E-state index < -0.39 is 0 Å². The number of carbonyl (C=O) groups excluding carboxylic acids is 2. The first-order valence-corrected chi connectivity index (χ1v) is 9.15. The van der Waals surface area contributed by atoms with E-state index in [9.17, 15) is 9.59 Å². The van der Waals surface area contributed by atoms with Crippen LogP contribution in [0.3, 0.4) is 0 Å². The summed E-state index contributed by atoms with van der Waals surface area (Å²) in [7, 11) is 1.56. The molecule has 8 heteroatoms. The summed E-state index contributed by atoms with van der Waals surface area (Å²) in [5.74, 6) is 0.509. The summed E-state index contributed by atoms with van der Waals surface area (Å²) in [5, 5.41) is 2.88. The molecule has 8 nitrogen and oxygen atoms in total. The standard InChI is InChI=1S/C20H22N4O4/c1-27-17-8-3-2-7-15(17)22-20(26)23-11-16-18(12-23)28-13-19(25)24(16)10-14-6-4-5-9-21-14/h2-9,16,18H,10-13H2,1H3,(H,22,26). The average molecular weight is 382 g/mol. The van der Waals surface area contributed by atoms with E-state index in [4.69, 9.17) is 9.47 Å². The lowest BCUT2D eigenvalue weighted by molar-refractivity contribution is -0.154. The number of hydrogen-bond acceptors (Lipinski definition) is 5. The number of anilines is 1. The van der Waals surface area contributed by atoms with Gasteiger partial charge in [0, 0.05) is 12.7 Å². The summed E-state index contributed by atoms with van der Waals surface area (Å²) in [6.07, 6.45) is 1.50. The monoisotopic (exact) mass is 382 g/mol. The molecule has 0 radical (unpaired) electrons. The lowest BCUT2D eigenvalue weighted by Gasteiger charge is -2.36. The highest BCUT2D eigenvalue weighted by Crippen LogP contribution is 2.27. The van der Waals surface area contributed by atoms with Crippen LogP contribution < -0.4 is 10.1 Å². The molecule has 3 heterocycles. The van der Waals surface area contributed by atoms with E-state index in [1.54, 1.807) is 35.2 Å². The molecule has 146 valence electrons. The predicted octanol–water partition coefficient (Wildman–Crippen LogP) is 1.73. The maximum atomic E-state index is 12.8. The summed E-state index contributed by atoms with van der Waals surface area (Å²) in [6, 6.07) is 12.4. The summed E-state index contributed by atoms with van der Waals surface area (Å²) < 4.78 is 11.0. The molecule has 0 spiro atoms. The van der Waals surface area contributed by atoms with Crippen molar-refractivity contribution in [3.63, 3.8) is 0 Å².